The van der Waals surface area contributed by atoms with Gasteiger partial charge in [-0.25, -0.2) is 0 Å². The van der Waals surface area contributed by atoms with Crippen LogP contribution in [0.5, 0.6) is 0 Å². The lowest BCUT2D eigenvalue weighted by Gasteiger charge is -2.13. The van der Waals surface area contributed by atoms with Gasteiger partial charge in [0.15, 0.2) is 0 Å². The van der Waals surface area contributed by atoms with Crippen molar-refractivity contribution >= 4 is 54.9 Å². The zero-order chi connectivity index (χ0) is 28.3. The first kappa shape index (κ1) is 24.0. The Morgan fingerprint density at radius 1 is 0.535 bits per heavy atom. The summed E-state index contributed by atoms with van der Waals surface area (Å²) in [5.41, 5.74) is 12.8. The van der Waals surface area contributed by atoms with Gasteiger partial charge in [0.1, 0.15) is 11.2 Å². The Hall–Kier alpha value is -5.60. The van der Waals surface area contributed by atoms with Crippen LogP contribution in [0.15, 0.2) is 156 Å². The number of rotatable bonds is 3. The van der Waals surface area contributed by atoms with E-state index in [1.807, 2.05) is 0 Å². The van der Waals surface area contributed by atoms with E-state index >= 15 is 0 Å². The van der Waals surface area contributed by atoms with E-state index in [2.05, 4.69) is 156 Å². The SMILES string of the molecule is C1=C(c2ccccc2)C=C(c2cccc3oc4cc(-n5c6ccccc6c6ccccc65)ccc4c23)c2ccccc2C1. The second kappa shape index (κ2) is 9.47. The maximum Gasteiger partial charge on any atom is 0.137 e. The topological polar surface area (TPSA) is 18.1 Å². The van der Waals surface area contributed by atoms with E-state index in [0.717, 1.165) is 34.0 Å². The van der Waals surface area contributed by atoms with Gasteiger partial charge in [-0.3, -0.25) is 0 Å². The maximum absolute atomic E-state index is 6.62. The highest BCUT2D eigenvalue weighted by Crippen LogP contribution is 2.41. The minimum absolute atomic E-state index is 0.892. The molecule has 0 saturated heterocycles. The van der Waals surface area contributed by atoms with E-state index < -0.39 is 0 Å². The minimum atomic E-state index is 0.892. The molecule has 8 aromatic rings. The minimum Gasteiger partial charge on any atom is -0.456 e. The molecule has 2 nitrogen and oxygen atoms in total. The molecule has 2 heteroatoms. The third-order valence-electron chi connectivity index (χ3n) is 8.87. The summed E-state index contributed by atoms with van der Waals surface area (Å²) >= 11 is 0. The lowest BCUT2D eigenvalue weighted by Crippen LogP contribution is -1.94. The van der Waals surface area contributed by atoms with Gasteiger partial charge in [-0.15, -0.1) is 0 Å². The number of benzene rings is 6. The fourth-order valence-corrected chi connectivity index (χ4v) is 6.91. The van der Waals surface area contributed by atoms with Crippen molar-refractivity contribution in [3.63, 3.8) is 0 Å². The van der Waals surface area contributed by atoms with Gasteiger partial charge in [0.2, 0.25) is 0 Å². The summed E-state index contributed by atoms with van der Waals surface area (Å²) in [4.78, 5) is 0. The van der Waals surface area contributed by atoms with E-state index in [1.165, 1.54) is 55.2 Å². The molecule has 0 N–H and O–H groups in total. The molecule has 0 unspecified atom stereocenters. The first-order valence-electron chi connectivity index (χ1n) is 14.8. The summed E-state index contributed by atoms with van der Waals surface area (Å²) < 4.78 is 8.97. The molecule has 202 valence electrons. The Kier molecular flexibility index (Phi) is 5.30. The fraction of sp³-hybridized carbons (Fsp3) is 0.0244. The highest BCUT2D eigenvalue weighted by Gasteiger charge is 2.20. The van der Waals surface area contributed by atoms with Crippen molar-refractivity contribution in [2.75, 3.05) is 0 Å². The van der Waals surface area contributed by atoms with E-state index in [9.17, 15) is 0 Å². The molecule has 0 saturated carbocycles. The summed E-state index contributed by atoms with van der Waals surface area (Å²) in [5, 5.41) is 4.79. The quantitative estimate of drug-likeness (QED) is 0.214. The lowest BCUT2D eigenvalue weighted by molar-refractivity contribution is 0.668. The molecule has 0 fully saturated rings. The predicted octanol–water partition coefficient (Wildman–Crippen LogP) is 10.8. The van der Waals surface area contributed by atoms with Gasteiger partial charge < -0.3 is 8.98 Å². The third-order valence-corrected chi connectivity index (χ3v) is 8.87. The maximum atomic E-state index is 6.62. The van der Waals surface area contributed by atoms with Crippen LogP contribution < -0.4 is 0 Å². The smallest absolute Gasteiger partial charge is 0.137 e. The van der Waals surface area contributed by atoms with Gasteiger partial charge in [-0.05, 0) is 76.2 Å². The van der Waals surface area contributed by atoms with Gasteiger partial charge >= 0.3 is 0 Å². The summed E-state index contributed by atoms with van der Waals surface area (Å²) in [7, 11) is 0. The van der Waals surface area contributed by atoms with E-state index in [4.69, 9.17) is 4.42 Å². The van der Waals surface area contributed by atoms with Gasteiger partial charge in [-0.2, -0.15) is 0 Å². The molecule has 43 heavy (non-hydrogen) atoms. The number of allylic oxidation sites excluding steroid dienone is 3. The molecule has 6 aromatic carbocycles. The first-order valence-corrected chi connectivity index (χ1v) is 14.8. The van der Waals surface area contributed by atoms with Crippen LogP contribution in [-0.2, 0) is 6.42 Å². The first-order chi connectivity index (χ1) is 21.3. The molecule has 0 atom stereocenters. The molecule has 0 bridgehead atoms. The van der Waals surface area contributed by atoms with Crippen molar-refractivity contribution in [3.8, 4) is 5.69 Å². The molecule has 1 aliphatic carbocycles. The molecule has 2 aromatic heterocycles. The van der Waals surface area contributed by atoms with Crippen LogP contribution in [0.4, 0.5) is 0 Å². The van der Waals surface area contributed by atoms with Crippen LogP contribution in [-0.4, -0.2) is 4.57 Å². The van der Waals surface area contributed by atoms with Crippen molar-refractivity contribution in [2.45, 2.75) is 6.42 Å². The molecule has 0 spiro atoms. The second-order valence-electron chi connectivity index (χ2n) is 11.3. The van der Waals surface area contributed by atoms with Crippen LogP contribution in [0, 0.1) is 0 Å². The monoisotopic (exact) mass is 549 g/mol. The molecule has 1 aliphatic rings. The number of para-hydroxylation sites is 2. The Balaban J connectivity index is 1.28. The van der Waals surface area contributed by atoms with E-state index in [1.54, 1.807) is 0 Å². The van der Waals surface area contributed by atoms with Crippen molar-refractivity contribution in [3.05, 3.63) is 174 Å². The van der Waals surface area contributed by atoms with Gasteiger partial charge in [0.05, 0.1) is 11.0 Å². The van der Waals surface area contributed by atoms with Crippen LogP contribution in [0.2, 0.25) is 0 Å². The number of hydrogen-bond acceptors (Lipinski definition) is 1. The summed E-state index contributed by atoms with van der Waals surface area (Å²) in [6.07, 6.45) is 5.61. The Morgan fingerprint density at radius 2 is 1.23 bits per heavy atom. The molecular weight excluding hydrogens is 522 g/mol. The highest BCUT2D eigenvalue weighted by atomic mass is 16.3. The second-order valence-corrected chi connectivity index (χ2v) is 11.3. The summed E-state index contributed by atoms with van der Waals surface area (Å²) in [5.74, 6) is 0. The van der Waals surface area contributed by atoms with Crippen LogP contribution in [0.1, 0.15) is 22.3 Å². The zero-order valence-corrected chi connectivity index (χ0v) is 23.5. The number of nitrogens with zero attached hydrogens (tertiary/aromatic N) is 1. The van der Waals surface area contributed by atoms with Crippen molar-refractivity contribution in [1.82, 2.24) is 4.57 Å². The molecule has 0 amide bonds. The molecule has 0 aliphatic heterocycles. The third kappa shape index (κ3) is 3.73. The Labute approximate surface area is 249 Å². The van der Waals surface area contributed by atoms with E-state index in [0.29, 0.717) is 0 Å². The van der Waals surface area contributed by atoms with Crippen molar-refractivity contribution < 1.29 is 4.42 Å². The van der Waals surface area contributed by atoms with Crippen LogP contribution in [0.3, 0.4) is 0 Å². The number of furan rings is 1. The fourth-order valence-electron chi connectivity index (χ4n) is 6.91. The number of hydrogen-bond donors (Lipinski definition) is 0. The number of aromatic nitrogens is 1. The van der Waals surface area contributed by atoms with Crippen LogP contribution in [0.25, 0.3) is 60.6 Å². The Bertz CT molecular complexity index is 2360. The largest absolute Gasteiger partial charge is 0.456 e. The highest BCUT2D eigenvalue weighted by molar-refractivity contribution is 6.14. The van der Waals surface area contributed by atoms with Crippen LogP contribution >= 0.6 is 0 Å². The van der Waals surface area contributed by atoms with Crippen molar-refractivity contribution in [1.29, 1.82) is 0 Å². The van der Waals surface area contributed by atoms with Gasteiger partial charge in [0.25, 0.3) is 0 Å². The summed E-state index contributed by atoms with van der Waals surface area (Å²) in [6.45, 7) is 0. The predicted molar refractivity (Wildman–Crippen MR) is 180 cm³/mol. The van der Waals surface area contributed by atoms with E-state index in [-0.39, 0.29) is 0 Å². The van der Waals surface area contributed by atoms with Gasteiger partial charge in [-0.1, -0.05) is 109 Å². The summed E-state index contributed by atoms with van der Waals surface area (Å²) in [6, 6.07) is 49.9. The zero-order valence-electron chi connectivity index (χ0n) is 23.5. The van der Waals surface area contributed by atoms with Gasteiger partial charge in [0, 0.05) is 33.3 Å². The Morgan fingerprint density at radius 3 is 2.05 bits per heavy atom. The number of fused-ring (bicyclic) bond motifs is 7. The normalized spacial score (nSPS) is 13.3. The standard InChI is InChI=1S/C41H27NO/c1-2-11-27(12-3-1)29-22-21-28-13-4-5-14-31(28)36(25-29)34-17-10-20-39-41(34)35-24-23-30(26-40(35)43-39)42-37-18-8-6-15-32(37)33-16-7-9-19-38(33)42/h1-20,22-26H,21H2. The molecule has 0 radical (unpaired) electrons. The molecule has 2 heterocycles. The molecular formula is C41H27NO. The lowest BCUT2D eigenvalue weighted by atomic mass is 9.90. The van der Waals surface area contributed by atoms with Crippen molar-refractivity contribution in [2.24, 2.45) is 0 Å². The average molecular weight is 550 g/mol. The molecule has 9 rings (SSSR count). The average Bonchev–Trinajstić information content (AvgIpc) is 3.54.